The second-order valence-electron chi connectivity index (χ2n) is 3.24. The molecular formula is C8H13NO2S3. The Labute approximate surface area is 98.1 Å². The van der Waals surface area contributed by atoms with Gasteiger partial charge in [0.15, 0.2) is 6.79 Å². The van der Waals surface area contributed by atoms with Crippen LogP contribution in [0.1, 0.15) is 20.8 Å². The lowest BCUT2D eigenvalue weighted by atomic mass is 10.4. The maximum absolute atomic E-state index is 5.20. The Hall–Kier alpha value is 0.410. The third-order valence-corrected chi connectivity index (χ3v) is 3.70. The molecule has 0 aromatic rings. The number of thioether (sulfide) groups is 2. The Morgan fingerprint density at radius 1 is 1.50 bits per heavy atom. The van der Waals surface area contributed by atoms with Crippen LogP contribution in [0.25, 0.3) is 0 Å². The summed E-state index contributed by atoms with van der Waals surface area (Å²) < 4.78 is 0.821. The van der Waals surface area contributed by atoms with Crippen molar-refractivity contribution in [3.05, 3.63) is 11.5 Å². The van der Waals surface area contributed by atoms with Crippen LogP contribution in [0.4, 0.5) is 0 Å². The standard InChI is InChI=1S/C8H13NO2S3/c1-6(2)13-7(12)14-8(3,4)9-10-5-11-9/h1,5H2,2-4H3. The molecule has 0 radical (unpaired) electrons. The zero-order valence-corrected chi connectivity index (χ0v) is 10.9. The van der Waals surface area contributed by atoms with Gasteiger partial charge < -0.3 is 0 Å². The topological polar surface area (TPSA) is 21.7 Å². The van der Waals surface area contributed by atoms with Gasteiger partial charge in [-0.1, -0.05) is 42.3 Å². The van der Waals surface area contributed by atoms with Crippen LogP contribution >= 0.6 is 35.7 Å². The fourth-order valence-electron chi connectivity index (χ4n) is 0.821. The van der Waals surface area contributed by atoms with Crippen molar-refractivity contribution in [2.24, 2.45) is 0 Å². The zero-order valence-electron chi connectivity index (χ0n) is 8.40. The van der Waals surface area contributed by atoms with Crippen LogP contribution in [0.5, 0.6) is 0 Å². The van der Waals surface area contributed by atoms with Crippen molar-refractivity contribution in [3.8, 4) is 0 Å². The van der Waals surface area contributed by atoms with Crippen molar-refractivity contribution >= 4 is 39.3 Å². The maximum Gasteiger partial charge on any atom is 0.192 e. The number of allylic oxidation sites excluding steroid dienone is 1. The van der Waals surface area contributed by atoms with Gasteiger partial charge in [0.1, 0.15) is 8.40 Å². The van der Waals surface area contributed by atoms with Crippen molar-refractivity contribution in [3.63, 3.8) is 0 Å². The molecule has 0 atom stereocenters. The van der Waals surface area contributed by atoms with Crippen LogP contribution in [0.2, 0.25) is 0 Å². The van der Waals surface area contributed by atoms with E-state index in [0.29, 0.717) is 6.79 Å². The number of hydrogen-bond acceptors (Lipinski definition) is 6. The Balaban J connectivity index is 2.41. The average Bonchev–Trinajstić information content (AvgIpc) is 1.74. The summed E-state index contributed by atoms with van der Waals surface area (Å²) in [5.74, 6) is 0. The van der Waals surface area contributed by atoms with Gasteiger partial charge in [0.2, 0.25) is 0 Å². The fourth-order valence-corrected chi connectivity index (χ4v) is 3.94. The normalized spacial score (nSPS) is 17.6. The van der Waals surface area contributed by atoms with Gasteiger partial charge in [-0.15, -0.1) is 0 Å². The number of rotatable bonds is 3. The summed E-state index contributed by atoms with van der Waals surface area (Å²) in [4.78, 5) is 10.9. The summed E-state index contributed by atoms with van der Waals surface area (Å²) in [5.41, 5.74) is 0. The van der Waals surface area contributed by atoms with Crippen molar-refractivity contribution in [1.29, 1.82) is 0 Å². The molecule has 0 bridgehead atoms. The first-order valence-corrected chi connectivity index (χ1v) is 6.08. The highest BCUT2D eigenvalue weighted by molar-refractivity contribution is 8.48. The highest BCUT2D eigenvalue weighted by Crippen LogP contribution is 2.37. The molecule has 1 saturated heterocycles. The van der Waals surface area contributed by atoms with Crippen LogP contribution in [-0.4, -0.2) is 20.4 Å². The van der Waals surface area contributed by atoms with E-state index >= 15 is 0 Å². The van der Waals surface area contributed by atoms with Crippen molar-refractivity contribution < 1.29 is 9.68 Å². The largest absolute Gasteiger partial charge is 0.242 e. The summed E-state index contributed by atoms with van der Waals surface area (Å²) in [6, 6.07) is 0. The highest BCUT2D eigenvalue weighted by Gasteiger charge is 2.36. The number of thiocarbonyl (C=S) groups is 1. The molecule has 0 aromatic heterocycles. The van der Waals surface area contributed by atoms with E-state index in [-0.39, 0.29) is 4.87 Å². The predicted octanol–water partition coefficient (Wildman–Crippen LogP) is 3.14. The van der Waals surface area contributed by atoms with Gasteiger partial charge in [0.25, 0.3) is 0 Å². The highest BCUT2D eigenvalue weighted by atomic mass is 32.2. The molecule has 1 heterocycles. The van der Waals surface area contributed by atoms with Gasteiger partial charge in [-0.2, -0.15) is 0 Å². The summed E-state index contributed by atoms with van der Waals surface area (Å²) in [7, 11) is 0. The predicted molar refractivity (Wildman–Crippen MR) is 65.5 cm³/mol. The Bertz CT molecular complexity index is 251. The van der Waals surface area contributed by atoms with E-state index in [2.05, 4.69) is 6.58 Å². The molecule has 0 unspecified atom stereocenters. The fraction of sp³-hybridized carbons (Fsp3) is 0.625. The molecule has 1 aliphatic heterocycles. The van der Waals surface area contributed by atoms with E-state index in [1.54, 1.807) is 0 Å². The second-order valence-corrected chi connectivity index (χ2v) is 7.34. The lowest BCUT2D eigenvalue weighted by Crippen LogP contribution is -2.49. The Morgan fingerprint density at radius 3 is 2.43 bits per heavy atom. The molecule has 0 spiro atoms. The van der Waals surface area contributed by atoms with Crippen molar-refractivity contribution in [2.45, 2.75) is 25.6 Å². The van der Waals surface area contributed by atoms with Gasteiger partial charge in [-0.3, -0.25) is 0 Å². The van der Waals surface area contributed by atoms with E-state index in [0.717, 1.165) is 8.43 Å². The first-order valence-electron chi connectivity index (χ1n) is 4.04. The smallest absolute Gasteiger partial charge is 0.192 e. The molecule has 0 saturated carbocycles. The average molecular weight is 251 g/mol. The Kier molecular flexibility index (Phi) is 4.42. The first-order chi connectivity index (χ1) is 6.42. The lowest BCUT2D eigenvalue weighted by molar-refractivity contribution is -0.535. The van der Waals surface area contributed by atoms with E-state index in [9.17, 15) is 0 Å². The molecule has 0 N–H and O–H groups in total. The van der Waals surface area contributed by atoms with Gasteiger partial charge in [-0.25, -0.2) is 9.68 Å². The van der Waals surface area contributed by atoms with Gasteiger partial charge >= 0.3 is 0 Å². The first kappa shape index (κ1) is 12.5. The molecule has 0 amide bonds. The van der Waals surface area contributed by atoms with E-state index < -0.39 is 0 Å². The van der Waals surface area contributed by atoms with E-state index in [1.165, 1.54) is 28.8 Å². The molecular weight excluding hydrogens is 238 g/mol. The molecule has 1 fully saturated rings. The summed E-state index contributed by atoms with van der Waals surface area (Å²) >= 11 is 8.22. The molecule has 1 aliphatic rings. The van der Waals surface area contributed by atoms with Crippen molar-refractivity contribution in [1.82, 2.24) is 5.23 Å². The quantitative estimate of drug-likeness (QED) is 0.714. The molecule has 0 aliphatic carbocycles. The molecule has 80 valence electrons. The van der Waals surface area contributed by atoms with Crippen LogP contribution in [0.15, 0.2) is 11.5 Å². The maximum atomic E-state index is 5.20. The summed E-state index contributed by atoms with van der Waals surface area (Å²) in [6.45, 7) is 10.0. The minimum Gasteiger partial charge on any atom is -0.242 e. The van der Waals surface area contributed by atoms with Crippen LogP contribution < -0.4 is 0 Å². The summed E-state index contributed by atoms with van der Waals surface area (Å²) in [6.07, 6.45) is 0. The Morgan fingerprint density at radius 2 is 2.07 bits per heavy atom. The van der Waals surface area contributed by atoms with Crippen LogP contribution in [-0.2, 0) is 9.68 Å². The second kappa shape index (κ2) is 4.96. The van der Waals surface area contributed by atoms with Gasteiger partial charge in [0.05, 0.1) is 0 Å². The van der Waals surface area contributed by atoms with Gasteiger partial charge in [0, 0.05) is 0 Å². The number of hydrogen-bond donors (Lipinski definition) is 0. The van der Waals surface area contributed by atoms with E-state index in [1.807, 2.05) is 20.8 Å². The van der Waals surface area contributed by atoms with Crippen molar-refractivity contribution in [2.75, 3.05) is 6.79 Å². The monoisotopic (exact) mass is 251 g/mol. The SMILES string of the molecule is C=C(C)SC(=S)SC(C)(C)N1OCO1. The summed E-state index contributed by atoms with van der Waals surface area (Å²) in [5, 5.41) is 1.46. The van der Waals surface area contributed by atoms with Crippen LogP contribution in [0, 0.1) is 0 Å². The van der Waals surface area contributed by atoms with E-state index in [4.69, 9.17) is 21.9 Å². The zero-order chi connectivity index (χ0) is 10.8. The molecule has 3 nitrogen and oxygen atoms in total. The third-order valence-electron chi connectivity index (χ3n) is 1.37. The number of nitrogens with zero attached hydrogens (tertiary/aromatic N) is 1. The minimum atomic E-state index is -0.294. The lowest BCUT2D eigenvalue weighted by Gasteiger charge is -2.40. The molecule has 1 rings (SSSR count). The minimum absolute atomic E-state index is 0.294. The van der Waals surface area contributed by atoms with Gasteiger partial charge in [-0.05, 0) is 30.9 Å². The molecule has 6 heteroatoms. The van der Waals surface area contributed by atoms with Crippen LogP contribution in [0.3, 0.4) is 0 Å². The molecule has 14 heavy (non-hydrogen) atoms. The third kappa shape index (κ3) is 3.52. The number of hydroxylamine groups is 2. The molecule has 0 aromatic carbocycles.